The first-order valence-electron chi connectivity index (χ1n) is 11.0. The molecule has 1 aromatic heterocycles. The molecule has 2 aliphatic rings. The van der Waals surface area contributed by atoms with Crippen LogP contribution in [0.15, 0.2) is 46.0 Å². The summed E-state index contributed by atoms with van der Waals surface area (Å²) >= 11 is 1.23. The van der Waals surface area contributed by atoms with Crippen LogP contribution in [0.4, 0.5) is 0 Å². The van der Waals surface area contributed by atoms with Gasteiger partial charge in [0.2, 0.25) is 5.91 Å². The summed E-state index contributed by atoms with van der Waals surface area (Å²) in [5.74, 6) is 0.605. The maximum absolute atomic E-state index is 13.7. The zero-order valence-corrected chi connectivity index (χ0v) is 19.5. The number of amides is 1. The van der Waals surface area contributed by atoms with E-state index in [4.69, 9.17) is 4.74 Å². The van der Waals surface area contributed by atoms with E-state index in [9.17, 15) is 13.2 Å². The zero-order chi connectivity index (χ0) is 21.8. The summed E-state index contributed by atoms with van der Waals surface area (Å²) in [5.41, 5.74) is 1.12. The summed E-state index contributed by atoms with van der Waals surface area (Å²) < 4.78 is 33.1. The first-order valence-corrected chi connectivity index (χ1v) is 13.3. The number of hydrogen-bond acceptors (Lipinski definition) is 5. The first kappa shape index (κ1) is 22.3. The molecular formula is C23H30N2O4S2. The Labute approximate surface area is 188 Å². The topological polar surface area (TPSA) is 66.9 Å². The maximum atomic E-state index is 13.7. The molecule has 0 radical (unpaired) electrons. The summed E-state index contributed by atoms with van der Waals surface area (Å²) in [6, 6.07) is 11.4. The number of ether oxygens (including phenoxy) is 1. The van der Waals surface area contributed by atoms with Crippen molar-refractivity contribution in [2.45, 2.75) is 48.8 Å². The molecule has 2 aromatic rings. The third-order valence-electron chi connectivity index (χ3n) is 6.36. The van der Waals surface area contributed by atoms with Crippen molar-refractivity contribution in [1.29, 1.82) is 0 Å². The highest BCUT2D eigenvalue weighted by Gasteiger charge is 2.37. The van der Waals surface area contributed by atoms with E-state index in [-0.39, 0.29) is 24.4 Å². The molecule has 31 heavy (non-hydrogen) atoms. The average Bonchev–Trinajstić information content (AvgIpc) is 3.25. The second-order valence-electron chi connectivity index (χ2n) is 8.30. The Hall–Kier alpha value is -1.90. The van der Waals surface area contributed by atoms with Crippen LogP contribution in [0.3, 0.4) is 0 Å². The second kappa shape index (κ2) is 9.71. The minimum Gasteiger partial charge on any atom is -0.497 e. The van der Waals surface area contributed by atoms with Crippen LogP contribution in [0.5, 0.6) is 5.75 Å². The number of hydrogen-bond donors (Lipinski definition) is 0. The van der Waals surface area contributed by atoms with Gasteiger partial charge in [-0.3, -0.25) is 4.79 Å². The van der Waals surface area contributed by atoms with E-state index in [1.54, 1.807) is 24.6 Å². The quantitative estimate of drug-likeness (QED) is 0.664. The molecule has 0 aliphatic carbocycles. The Kier molecular flexibility index (Phi) is 6.99. The number of rotatable bonds is 5. The van der Waals surface area contributed by atoms with Crippen LogP contribution in [-0.4, -0.2) is 50.3 Å². The van der Waals surface area contributed by atoms with Crippen LogP contribution in [0.1, 0.15) is 50.1 Å². The number of likely N-dealkylation sites (tertiary alicyclic amines) is 1. The first-order chi connectivity index (χ1) is 15.0. The summed E-state index contributed by atoms with van der Waals surface area (Å²) in [5, 5.41) is 1.77. The molecule has 2 unspecified atom stereocenters. The van der Waals surface area contributed by atoms with Crippen LogP contribution >= 0.6 is 11.3 Å². The molecule has 1 amide bonds. The van der Waals surface area contributed by atoms with Crippen molar-refractivity contribution in [3.8, 4) is 5.75 Å². The van der Waals surface area contributed by atoms with Crippen LogP contribution in [-0.2, 0) is 14.8 Å². The van der Waals surface area contributed by atoms with Crippen molar-refractivity contribution in [1.82, 2.24) is 9.21 Å². The summed E-state index contributed by atoms with van der Waals surface area (Å²) in [4.78, 5) is 15.7. The Balaban J connectivity index is 1.54. The zero-order valence-electron chi connectivity index (χ0n) is 17.9. The highest BCUT2D eigenvalue weighted by Crippen LogP contribution is 2.34. The molecule has 0 bridgehead atoms. The van der Waals surface area contributed by atoms with Crippen molar-refractivity contribution in [2.75, 3.05) is 26.7 Å². The number of nitrogens with zero attached hydrogens (tertiary/aromatic N) is 2. The average molecular weight is 463 g/mol. The lowest BCUT2D eigenvalue weighted by atomic mass is 9.95. The van der Waals surface area contributed by atoms with E-state index in [0.717, 1.165) is 50.0 Å². The van der Waals surface area contributed by atoms with Gasteiger partial charge in [0, 0.05) is 19.6 Å². The van der Waals surface area contributed by atoms with Crippen molar-refractivity contribution in [3.63, 3.8) is 0 Å². The lowest BCUT2D eigenvalue weighted by Crippen LogP contribution is -2.47. The fourth-order valence-corrected chi connectivity index (χ4v) is 7.35. The summed E-state index contributed by atoms with van der Waals surface area (Å²) in [6.07, 6.45) is 5.57. The predicted octanol–water partition coefficient (Wildman–Crippen LogP) is 4.30. The molecule has 2 saturated heterocycles. The van der Waals surface area contributed by atoms with E-state index < -0.39 is 10.0 Å². The SMILES string of the molecule is COc1ccc(C2CCCCCN2C(=O)C2CCCN(S(=O)(=O)c3cccs3)C2)cc1. The molecule has 8 heteroatoms. The molecule has 2 aliphatic heterocycles. The molecule has 2 atom stereocenters. The van der Waals surface area contributed by atoms with Gasteiger partial charge in [0.15, 0.2) is 0 Å². The van der Waals surface area contributed by atoms with Crippen LogP contribution < -0.4 is 4.74 Å². The number of carbonyl (C=O) groups excluding carboxylic acids is 1. The lowest BCUT2D eigenvalue weighted by molar-refractivity contribution is -0.139. The van der Waals surface area contributed by atoms with Gasteiger partial charge in [-0.1, -0.05) is 31.0 Å². The van der Waals surface area contributed by atoms with Crippen LogP contribution in [0.2, 0.25) is 0 Å². The van der Waals surface area contributed by atoms with Gasteiger partial charge < -0.3 is 9.64 Å². The fourth-order valence-electron chi connectivity index (χ4n) is 4.68. The Morgan fingerprint density at radius 3 is 2.55 bits per heavy atom. The van der Waals surface area contributed by atoms with E-state index in [1.807, 2.05) is 29.2 Å². The van der Waals surface area contributed by atoms with Gasteiger partial charge in [-0.15, -0.1) is 11.3 Å². The van der Waals surface area contributed by atoms with E-state index in [2.05, 4.69) is 0 Å². The van der Waals surface area contributed by atoms with Gasteiger partial charge in [0.25, 0.3) is 10.0 Å². The number of thiophene rings is 1. The molecule has 0 spiro atoms. The highest BCUT2D eigenvalue weighted by atomic mass is 32.2. The standard InChI is InChI=1S/C23H30N2O4S2/c1-29-20-12-10-18(11-13-20)21-8-3-2-4-15-25(21)23(26)19-7-5-14-24(17-19)31(27,28)22-9-6-16-30-22/h6,9-13,16,19,21H,2-5,7-8,14-15,17H2,1H3. The second-order valence-corrected chi connectivity index (χ2v) is 11.4. The maximum Gasteiger partial charge on any atom is 0.252 e. The van der Waals surface area contributed by atoms with Crippen LogP contribution in [0, 0.1) is 5.92 Å². The molecule has 6 nitrogen and oxygen atoms in total. The number of carbonyl (C=O) groups is 1. The Bertz CT molecular complexity index is 974. The van der Waals surface area contributed by atoms with Gasteiger partial charge in [0.1, 0.15) is 9.96 Å². The van der Waals surface area contributed by atoms with Crippen molar-refractivity contribution in [2.24, 2.45) is 5.92 Å². The van der Waals surface area contributed by atoms with Gasteiger partial charge in [-0.2, -0.15) is 4.31 Å². The van der Waals surface area contributed by atoms with Gasteiger partial charge in [-0.05, 0) is 54.8 Å². The van der Waals surface area contributed by atoms with E-state index in [1.165, 1.54) is 15.6 Å². The largest absolute Gasteiger partial charge is 0.497 e. The summed E-state index contributed by atoms with van der Waals surface area (Å²) in [6.45, 7) is 1.47. The number of sulfonamides is 1. The van der Waals surface area contributed by atoms with Gasteiger partial charge in [-0.25, -0.2) is 8.42 Å². The van der Waals surface area contributed by atoms with Crippen LogP contribution in [0.25, 0.3) is 0 Å². The number of benzene rings is 1. The predicted molar refractivity (Wildman–Crippen MR) is 122 cm³/mol. The third-order valence-corrected chi connectivity index (χ3v) is 9.60. The minimum absolute atomic E-state index is 0.0326. The van der Waals surface area contributed by atoms with Crippen molar-refractivity contribution in [3.05, 3.63) is 47.3 Å². The number of piperidine rings is 1. The summed E-state index contributed by atoms with van der Waals surface area (Å²) in [7, 11) is -1.88. The smallest absolute Gasteiger partial charge is 0.252 e. The molecule has 0 N–H and O–H groups in total. The van der Waals surface area contributed by atoms with Crippen molar-refractivity contribution >= 4 is 27.3 Å². The molecule has 4 rings (SSSR count). The third kappa shape index (κ3) is 4.81. The van der Waals surface area contributed by atoms with Gasteiger partial charge >= 0.3 is 0 Å². The Morgan fingerprint density at radius 1 is 1.03 bits per heavy atom. The molecular weight excluding hydrogens is 432 g/mol. The van der Waals surface area contributed by atoms with E-state index >= 15 is 0 Å². The normalized spacial score (nSPS) is 23.3. The Morgan fingerprint density at radius 2 is 1.84 bits per heavy atom. The molecule has 3 heterocycles. The number of methoxy groups -OCH3 is 1. The molecule has 2 fully saturated rings. The molecule has 168 valence electrons. The lowest BCUT2D eigenvalue weighted by Gasteiger charge is -2.37. The van der Waals surface area contributed by atoms with E-state index in [0.29, 0.717) is 17.2 Å². The monoisotopic (exact) mass is 462 g/mol. The highest BCUT2D eigenvalue weighted by molar-refractivity contribution is 7.91. The minimum atomic E-state index is -3.53. The van der Waals surface area contributed by atoms with Crippen molar-refractivity contribution < 1.29 is 17.9 Å². The fraction of sp³-hybridized carbons (Fsp3) is 0.522. The van der Waals surface area contributed by atoms with Gasteiger partial charge in [0.05, 0.1) is 19.1 Å². The molecule has 0 saturated carbocycles. The molecule has 1 aromatic carbocycles.